The van der Waals surface area contributed by atoms with Crippen LogP contribution in [0.15, 0.2) is 71.8 Å². The first-order chi connectivity index (χ1) is 15.5. The van der Waals surface area contributed by atoms with Gasteiger partial charge in [-0.05, 0) is 83.1 Å². The predicted molar refractivity (Wildman–Crippen MR) is 130 cm³/mol. The second-order valence-corrected chi connectivity index (χ2v) is 7.84. The standard InChI is InChI=1S/C24H21IN2O5/c1-16-6-5-7-18(12-16)31-15-23(28)27-26-14-17-10-11-21(22(13-17)30-2)32-24(29)19-8-3-4-9-20(19)25/h3-14H,15H2,1-2H3,(H,27,28)/b26-14-. The number of halogens is 1. The van der Waals surface area contributed by atoms with Gasteiger partial charge in [-0.2, -0.15) is 5.10 Å². The van der Waals surface area contributed by atoms with Crippen molar-refractivity contribution in [3.63, 3.8) is 0 Å². The molecule has 3 aromatic carbocycles. The largest absolute Gasteiger partial charge is 0.493 e. The number of rotatable bonds is 8. The van der Waals surface area contributed by atoms with Crippen molar-refractivity contribution in [1.82, 2.24) is 5.43 Å². The average molecular weight is 544 g/mol. The Morgan fingerprint density at radius 2 is 1.84 bits per heavy atom. The molecule has 0 saturated heterocycles. The van der Waals surface area contributed by atoms with E-state index < -0.39 is 11.9 Å². The summed E-state index contributed by atoms with van der Waals surface area (Å²) in [7, 11) is 1.48. The van der Waals surface area contributed by atoms with Crippen LogP contribution >= 0.6 is 22.6 Å². The molecule has 8 heteroatoms. The molecule has 0 aliphatic carbocycles. The van der Waals surface area contributed by atoms with E-state index >= 15 is 0 Å². The first-order valence-electron chi connectivity index (χ1n) is 9.62. The molecule has 3 rings (SSSR count). The lowest BCUT2D eigenvalue weighted by atomic mass is 10.2. The number of hydrogen-bond acceptors (Lipinski definition) is 6. The molecule has 0 fully saturated rings. The Hall–Kier alpha value is -3.40. The van der Waals surface area contributed by atoms with Crippen LogP contribution in [0.1, 0.15) is 21.5 Å². The van der Waals surface area contributed by atoms with Gasteiger partial charge in [0.05, 0.1) is 18.9 Å². The number of methoxy groups -OCH3 is 1. The van der Waals surface area contributed by atoms with Crippen LogP contribution in [-0.2, 0) is 4.79 Å². The third-order valence-corrected chi connectivity index (χ3v) is 5.19. The number of carbonyl (C=O) groups excluding carboxylic acids is 2. The highest BCUT2D eigenvalue weighted by Gasteiger charge is 2.15. The van der Waals surface area contributed by atoms with Gasteiger partial charge in [0.1, 0.15) is 5.75 Å². The molecule has 1 amide bonds. The van der Waals surface area contributed by atoms with Crippen molar-refractivity contribution in [2.75, 3.05) is 13.7 Å². The molecule has 0 aromatic heterocycles. The van der Waals surface area contributed by atoms with E-state index in [4.69, 9.17) is 14.2 Å². The van der Waals surface area contributed by atoms with Gasteiger partial charge < -0.3 is 14.2 Å². The molecule has 0 radical (unpaired) electrons. The zero-order chi connectivity index (χ0) is 22.9. The lowest BCUT2D eigenvalue weighted by Crippen LogP contribution is -2.24. The zero-order valence-electron chi connectivity index (χ0n) is 17.5. The van der Waals surface area contributed by atoms with Crippen LogP contribution in [0.4, 0.5) is 0 Å². The number of esters is 1. The number of ether oxygens (including phenoxy) is 3. The summed E-state index contributed by atoms with van der Waals surface area (Å²) in [6.45, 7) is 1.79. The van der Waals surface area contributed by atoms with Crippen LogP contribution in [0.5, 0.6) is 17.2 Å². The van der Waals surface area contributed by atoms with Gasteiger partial charge in [-0.3, -0.25) is 4.79 Å². The quantitative estimate of drug-likeness (QED) is 0.150. The van der Waals surface area contributed by atoms with Gasteiger partial charge in [0.15, 0.2) is 18.1 Å². The number of amides is 1. The molecule has 32 heavy (non-hydrogen) atoms. The number of aryl methyl sites for hydroxylation is 1. The second kappa shape index (κ2) is 11.3. The summed E-state index contributed by atoms with van der Waals surface area (Å²) in [6, 6.07) is 19.5. The van der Waals surface area contributed by atoms with E-state index in [0.29, 0.717) is 22.6 Å². The zero-order valence-corrected chi connectivity index (χ0v) is 19.7. The molecule has 1 N–H and O–H groups in total. The Balaban J connectivity index is 1.58. The van der Waals surface area contributed by atoms with Crippen LogP contribution in [0.2, 0.25) is 0 Å². The number of nitrogens with one attached hydrogen (secondary N) is 1. The predicted octanol–water partition coefficient (Wildman–Crippen LogP) is 4.36. The first kappa shape index (κ1) is 23.3. The van der Waals surface area contributed by atoms with E-state index in [0.717, 1.165) is 9.13 Å². The molecule has 0 atom stereocenters. The molecule has 0 bridgehead atoms. The number of hydrazone groups is 1. The molecule has 0 heterocycles. The third-order valence-electron chi connectivity index (χ3n) is 4.25. The summed E-state index contributed by atoms with van der Waals surface area (Å²) in [5, 5.41) is 3.93. The Bertz CT molecular complexity index is 1150. The average Bonchev–Trinajstić information content (AvgIpc) is 2.79. The van der Waals surface area contributed by atoms with E-state index in [9.17, 15) is 9.59 Å². The van der Waals surface area contributed by atoms with Crippen molar-refractivity contribution in [3.8, 4) is 17.2 Å². The van der Waals surface area contributed by atoms with Crippen molar-refractivity contribution in [2.45, 2.75) is 6.92 Å². The van der Waals surface area contributed by atoms with E-state index in [1.54, 1.807) is 36.4 Å². The maximum Gasteiger partial charge on any atom is 0.344 e. The number of carbonyl (C=O) groups is 2. The van der Waals surface area contributed by atoms with Gasteiger partial charge in [-0.15, -0.1) is 0 Å². The summed E-state index contributed by atoms with van der Waals surface area (Å²) >= 11 is 2.08. The van der Waals surface area contributed by atoms with Crippen molar-refractivity contribution < 1.29 is 23.8 Å². The fraction of sp³-hybridized carbons (Fsp3) is 0.125. The van der Waals surface area contributed by atoms with Crippen LogP contribution in [0.3, 0.4) is 0 Å². The SMILES string of the molecule is COc1cc(/C=N\NC(=O)COc2cccc(C)c2)ccc1OC(=O)c1ccccc1I. The lowest BCUT2D eigenvalue weighted by molar-refractivity contribution is -0.123. The molecular formula is C24H21IN2O5. The maximum absolute atomic E-state index is 12.4. The fourth-order valence-electron chi connectivity index (χ4n) is 2.70. The topological polar surface area (TPSA) is 86.2 Å². The summed E-state index contributed by atoms with van der Waals surface area (Å²) in [5.74, 6) is 0.393. The molecule has 164 valence electrons. The van der Waals surface area contributed by atoms with E-state index in [2.05, 4.69) is 33.1 Å². The maximum atomic E-state index is 12.4. The fourth-order valence-corrected chi connectivity index (χ4v) is 3.30. The molecule has 0 aliphatic rings. The molecule has 0 unspecified atom stereocenters. The minimum Gasteiger partial charge on any atom is -0.493 e. The molecule has 0 aliphatic heterocycles. The van der Waals surface area contributed by atoms with Gasteiger partial charge in [-0.25, -0.2) is 10.2 Å². The Morgan fingerprint density at radius 1 is 1.03 bits per heavy atom. The van der Waals surface area contributed by atoms with E-state index in [1.165, 1.54) is 13.3 Å². The number of benzene rings is 3. The normalized spacial score (nSPS) is 10.6. The smallest absolute Gasteiger partial charge is 0.344 e. The van der Waals surface area contributed by atoms with Crippen LogP contribution in [0, 0.1) is 10.5 Å². The Kier molecular flexibility index (Phi) is 8.20. The molecule has 0 saturated carbocycles. The minimum atomic E-state index is -0.476. The second-order valence-electron chi connectivity index (χ2n) is 6.68. The van der Waals surface area contributed by atoms with Gasteiger partial charge in [-0.1, -0.05) is 24.3 Å². The lowest BCUT2D eigenvalue weighted by Gasteiger charge is -2.10. The van der Waals surface area contributed by atoms with E-state index in [1.807, 2.05) is 37.3 Å². The first-order valence-corrected chi connectivity index (χ1v) is 10.7. The summed E-state index contributed by atoms with van der Waals surface area (Å²) in [5.41, 5.74) is 4.57. The number of nitrogens with zero attached hydrogens (tertiary/aromatic N) is 1. The van der Waals surface area contributed by atoms with Crippen LogP contribution in [-0.4, -0.2) is 31.8 Å². The van der Waals surface area contributed by atoms with Gasteiger partial charge in [0, 0.05) is 3.57 Å². The highest BCUT2D eigenvalue weighted by molar-refractivity contribution is 14.1. The Morgan fingerprint density at radius 3 is 2.59 bits per heavy atom. The van der Waals surface area contributed by atoms with Crippen molar-refractivity contribution in [3.05, 3.63) is 87.0 Å². The molecular weight excluding hydrogens is 523 g/mol. The number of hydrogen-bond donors (Lipinski definition) is 1. The Labute approximate surface area is 199 Å². The minimum absolute atomic E-state index is 0.155. The molecule has 0 spiro atoms. The van der Waals surface area contributed by atoms with Gasteiger partial charge in [0.25, 0.3) is 5.91 Å². The molecule has 7 nitrogen and oxygen atoms in total. The highest BCUT2D eigenvalue weighted by Crippen LogP contribution is 2.29. The van der Waals surface area contributed by atoms with Crippen LogP contribution < -0.4 is 19.6 Å². The highest BCUT2D eigenvalue weighted by atomic mass is 127. The van der Waals surface area contributed by atoms with Gasteiger partial charge in [0.2, 0.25) is 0 Å². The van der Waals surface area contributed by atoms with Gasteiger partial charge >= 0.3 is 5.97 Å². The van der Waals surface area contributed by atoms with Crippen molar-refractivity contribution in [1.29, 1.82) is 0 Å². The van der Waals surface area contributed by atoms with Crippen molar-refractivity contribution >= 4 is 40.7 Å². The third kappa shape index (κ3) is 6.55. The summed E-state index contributed by atoms with van der Waals surface area (Å²) < 4.78 is 17.0. The van der Waals surface area contributed by atoms with Crippen molar-refractivity contribution in [2.24, 2.45) is 5.10 Å². The van der Waals surface area contributed by atoms with Crippen LogP contribution in [0.25, 0.3) is 0 Å². The summed E-state index contributed by atoms with van der Waals surface area (Å²) in [4.78, 5) is 24.4. The monoisotopic (exact) mass is 544 g/mol. The van der Waals surface area contributed by atoms with E-state index in [-0.39, 0.29) is 12.4 Å². The summed E-state index contributed by atoms with van der Waals surface area (Å²) in [6.07, 6.45) is 1.46. The molecule has 3 aromatic rings.